The molecule has 0 bridgehead atoms. The van der Waals surface area contributed by atoms with Gasteiger partial charge in [-0.3, -0.25) is 0 Å². The number of carboxylic acids is 1. The summed E-state index contributed by atoms with van der Waals surface area (Å²) in [6.45, 7) is 0.482. The van der Waals surface area contributed by atoms with E-state index >= 15 is 0 Å². The molecule has 4 nitrogen and oxygen atoms in total. The smallest absolute Gasteiger partial charge is 0.335 e. The van der Waals surface area contributed by atoms with Crippen molar-refractivity contribution in [1.82, 2.24) is 0 Å². The summed E-state index contributed by atoms with van der Waals surface area (Å²) in [5, 5.41) is 9.02. The van der Waals surface area contributed by atoms with Gasteiger partial charge in [0.15, 0.2) is 0 Å². The van der Waals surface area contributed by atoms with Crippen LogP contribution in [0.4, 0.5) is 0 Å². The fraction of sp³-hybridized carbons (Fsp3) is 0.188. The van der Waals surface area contributed by atoms with E-state index in [0.717, 1.165) is 6.42 Å². The van der Waals surface area contributed by atoms with Crippen LogP contribution in [0.2, 0.25) is 0 Å². The predicted octanol–water partition coefficient (Wildman–Crippen LogP) is 3.01. The maximum absolute atomic E-state index is 11.0. The van der Waals surface area contributed by atoms with Crippen LogP contribution in [0, 0.1) is 0 Å². The van der Waals surface area contributed by atoms with Crippen molar-refractivity contribution in [3.63, 3.8) is 0 Å². The van der Waals surface area contributed by atoms with E-state index in [9.17, 15) is 4.79 Å². The molecule has 2 aromatic rings. The van der Waals surface area contributed by atoms with Gasteiger partial charge in [-0.15, -0.1) is 0 Å². The third kappa shape index (κ3) is 3.75. The highest BCUT2D eigenvalue weighted by atomic mass is 16.5. The summed E-state index contributed by atoms with van der Waals surface area (Å²) in [7, 11) is 1.49. The van der Waals surface area contributed by atoms with Crippen molar-refractivity contribution in [2.45, 2.75) is 6.42 Å². The SMILES string of the molecule is COc1cc(OCCc2ccccc2)cc(C(=O)O)c1. The van der Waals surface area contributed by atoms with Crippen LogP contribution in [0.5, 0.6) is 11.5 Å². The minimum atomic E-state index is -1.00. The van der Waals surface area contributed by atoms with Gasteiger partial charge in [0.05, 0.1) is 19.3 Å². The number of hydrogen-bond acceptors (Lipinski definition) is 3. The third-order valence-electron chi connectivity index (χ3n) is 2.86. The number of hydrogen-bond donors (Lipinski definition) is 1. The van der Waals surface area contributed by atoms with Crippen LogP contribution >= 0.6 is 0 Å². The lowest BCUT2D eigenvalue weighted by atomic mass is 10.2. The van der Waals surface area contributed by atoms with Crippen molar-refractivity contribution in [2.75, 3.05) is 13.7 Å². The zero-order valence-electron chi connectivity index (χ0n) is 11.2. The topological polar surface area (TPSA) is 55.8 Å². The van der Waals surface area contributed by atoms with Gasteiger partial charge < -0.3 is 14.6 Å². The number of ether oxygens (including phenoxy) is 2. The normalized spacial score (nSPS) is 10.1. The Morgan fingerprint density at radius 1 is 1.10 bits per heavy atom. The summed E-state index contributed by atoms with van der Waals surface area (Å²) in [6, 6.07) is 14.6. The van der Waals surface area contributed by atoms with E-state index in [1.54, 1.807) is 6.07 Å². The predicted molar refractivity (Wildman–Crippen MR) is 75.6 cm³/mol. The maximum Gasteiger partial charge on any atom is 0.335 e. The van der Waals surface area contributed by atoms with Crippen molar-refractivity contribution in [2.24, 2.45) is 0 Å². The molecule has 0 radical (unpaired) electrons. The Labute approximate surface area is 117 Å². The van der Waals surface area contributed by atoms with Crippen molar-refractivity contribution >= 4 is 5.97 Å². The second-order valence-electron chi connectivity index (χ2n) is 4.29. The lowest BCUT2D eigenvalue weighted by Gasteiger charge is -2.09. The quantitative estimate of drug-likeness (QED) is 0.878. The number of aromatic carboxylic acids is 1. The Bertz CT molecular complexity index is 578. The molecule has 104 valence electrons. The maximum atomic E-state index is 11.0. The first-order valence-electron chi connectivity index (χ1n) is 6.28. The second-order valence-corrected chi connectivity index (χ2v) is 4.29. The molecular formula is C16H16O4. The Balaban J connectivity index is 2.02. The van der Waals surface area contributed by atoms with Crippen molar-refractivity contribution in [3.05, 3.63) is 59.7 Å². The first-order valence-corrected chi connectivity index (χ1v) is 6.28. The highest BCUT2D eigenvalue weighted by Gasteiger charge is 2.08. The fourth-order valence-corrected chi connectivity index (χ4v) is 1.83. The van der Waals surface area contributed by atoms with Crippen LogP contribution in [-0.2, 0) is 6.42 Å². The summed E-state index contributed by atoms with van der Waals surface area (Å²) in [6.07, 6.45) is 0.764. The van der Waals surface area contributed by atoms with Crippen molar-refractivity contribution in [3.8, 4) is 11.5 Å². The molecular weight excluding hydrogens is 256 g/mol. The molecule has 0 saturated carbocycles. The van der Waals surface area contributed by atoms with E-state index in [2.05, 4.69) is 0 Å². The third-order valence-corrected chi connectivity index (χ3v) is 2.86. The molecule has 0 fully saturated rings. The van der Waals surface area contributed by atoms with Crippen LogP contribution < -0.4 is 9.47 Å². The van der Waals surface area contributed by atoms with Crippen LogP contribution in [0.1, 0.15) is 15.9 Å². The highest BCUT2D eigenvalue weighted by molar-refractivity contribution is 5.88. The highest BCUT2D eigenvalue weighted by Crippen LogP contribution is 2.23. The van der Waals surface area contributed by atoms with E-state index in [-0.39, 0.29) is 5.56 Å². The number of methoxy groups -OCH3 is 1. The largest absolute Gasteiger partial charge is 0.497 e. The molecule has 0 unspecified atom stereocenters. The lowest BCUT2D eigenvalue weighted by molar-refractivity contribution is 0.0696. The van der Waals surface area contributed by atoms with Gasteiger partial charge in [0.2, 0.25) is 0 Å². The van der Waals surface area contributed by atoms with Crippen LogP contribution in [0.3, 0.4) is 0 Å². The van der Waals surface area contributed by atoms with E-state index < -0.39 is 5.97 Å². The molecule has 0 aliphatic heterocycles. The van der Waals surface area contributed by atoms with Gasteiger partial charge in [0, 0.05) is 12.5 Å². The molecule has 0 heterocycles. The molecule has 0 aromatic heterocycles. The zero-order valence-corrected chi connectivity index (χ0v) is 11.2. The molecule has 4 heteroatoms. The molecule has 2 rings (SSSR count). The van der Waals surface area contributed by atoms with E-state index in [1.165, 1.54) is 24.8 Å². The molecule has 1 N–H and O–H groups in total. The van der Waals surface area contributed by atoms with Crippen LogP contribution in [0.15, 0.2) is 48.5 Å². The Hall–Kier alpha value is -2.49. The first-order chi connectivity index (χ1) is 9.69. The summed E-state index contributed by atoms with van der Waals surface area (Å²) in [5.74, 6) is -0.0332. The zero-order chi connectivity index (χ0) is 14.4. The molecule has 0 amide bonds. The minimum Gasteiger partial charge on any atom is -0.497 e. The standard InChI is InChI=1S/C16H16O4/c1-19-14-9-13(16(17)18)10-15(11-14)20-8-7-12-5-3-2-4-6-12/h2-6,9-11H,7-8H2,1H3,(H,17,18). The van der Waals surface area contributed by atoms with Crippen molar-refractivity contribution in [1.29, 1.82) is 0 Å². The Morgan fingerprint density at radius 3 is 2.45 bits per heavy atom. The first kappa shape index (κ1) is 13.9. The molecule has 20 heavy (non-hydrogen) atoms. The summed E-state index contributed by atoms with van der Waals surface area (Å²) in [4.78, 5) is 11.0. The molecule has 2 aromatic carbocycles. The Kier molecular flexibility index (Phi) is 4.60. The van der Waals surface area contributed by atoms with Gasteiger partial charge in [0.25, 0.3) is 0 Å². The van der Waals surface area contributed by atoms with E-state index in [4.69, 9.17) is 14.6 Å². The average Bonchev–Trinajstić information content (AvgIpc) is 2.48. The van der Waals surface area contributed by atoms with Gasteiger partial charge in [-0.05, 0) is 17.7 Å². The van der Waals surface area contributed by atoms with Crippen LogP contribution in [-0.4, -0.2) is 24.8 Å². The fourth-order valence-electron chi connectivity index (χ4n) is 1.83. The molecule has 0 aliphatic carbocycles. The number of rotatable bonds is 6. The monoisotopic (exact) mass is 272 g/mol. The summed E-state index contributed by atoms with van der Waals surface area (Å²) >= 11 is 0. The average molecular weight is 272 g/mol. The number of benzene rings is 2. The Morgan fingerprint density at radius 2 is 1.80 bits per heavy atom. The van der Waals surface area contributed by atoms with Crippen molar-refractivity contribution < 1.29 is 19.4 Å². The molecule has 0 aliphatic rings. The van der Waals surface area contributed by atoms with Gasteiger partial charge >= 0.3 is 5.97 Å². The molecule has 0 saturated heterocycles. The summed E-state index contributed by atoms with van der Waals surface area (Å²) in [5.41, 5.74) is 1.33. The van der Waals surface area contributed by atoms with E-state index in [0.29, 0.717) is 18.1 Å². The van der Waals surface area contributed by atoms with Gasteiger partial charge in [-0.1, -0.05) is 30.3 Å². The number of carbonyl (C=O) groups is 1. The number of carboxylic acid groups (broad SMARTS) is 1. The summed E-state index contributed by atoms with van der Waals surface area (Å²) < 4.78 is 10.7. The van der Waals surface area contributed by atoms with Gasteiger partial charge in [0.1, 0.15) is 11.5 Å². The lowest BCUT2D eigenvalue weighted by Crippen LogP contribution is -2.03. The molecule has 0 atom stereocenters. The van der Waals surface area contributed by atoms with E-state index in [1.807, 2.05) is 30.3 Å². The molecule has 0 spiro atoms. The van der Waals surface area contributed by atoms with Crippen LogP contribution in [0.25, 0.3) is 0 Å². The minimum absolute atomic E-state index is 0.152. The second kappa shape index (κ2) is 6.61. The van der Waals surface area contributed by atoms with Gasteiger partial charge in [-0.25, -0.2) is 4.79 Å². The van der Waals surface area contributed by atoms with Gasteiger partial charge in [-0.2, -0.15) is 0 Å².